The number of amides is 1. The van der Waals surface area contributed by atoms with Gasteiger partial charge in [-0.2, -0.15) is 0 Å². The van der Waals surface area contributed by atoms with Gasteiger partial charge in [-0.05, 0) is 48.5 Å². The van der Waals surface area contributed by atoms with E-state index in [4.69, 9.17) is 0 Å². The average Bonchev–Trinajstić information content (AvgIpc) is 2.59. The lowest BCUT2D eigenvalue weighted by atomic mass is 10.3. The van der Waals surface area contributed by atoms with E-state index in [0.717, 1.165) is 10.2 Å². The minimum absolute atomic E-state index is 0.0969. The van der Waals surface area contributed by atoms with Crippen LogP contribution in [-0.2, 0) is 0 Å². The third kappa shape index (κ3) is 3.94. The van der Waals surface area contributed by atoms with Gasteiger partial charge in [-0.25, -0.2) is 4.39 Å². The number of benzene rings is 2. The Balaban J connectivity index is 1.68. The van der Waals surface area contributed by atoms with Crippen molar-refractivity contribution in [3.63, 3.8) is 0 Å². The molecular weight excluding hydrogens is 375 g/mol. The van der Waals surface area contributed by atoms with E-state index in [-0.39, 0.29) is 11.4 Å². The van der Waals surface area contributed by atoms with Gasteiger partial charge in [0.1, 0.15) is 5.82 Å². The first kappa shape index (κ1) is 16.1. The zero-order valence-corrected chi connectivity index (χ0v) is 13.9. The van der Waals surface area contributed by atoms with Crippen LogP contribution in [0, 0.1) is 5.82 Å². The highest BCUT2D eigenvalue weighted by molar-refractivity contribution is 9.10. The third-order valence-electron chi connectivity index (χ3n) is 3.14. The van der Waals surface area contributed by atoms with Crippen LogP contribution in [0.3, 0.4) is 0 Å². The largest absolute Gasteiger partial charge is 0.339 e. The molecule has 7 heteroatoms. The molecule has 0 unspecified atom stereocenters. The van der Waals surface area contributed by atoms with Crippen LogP contribution in [0.25, 0.3) is 0 Å². The van der Waals surface area contributed by atoms with E-state index in [1.807, 2.05) is 24.3 Å². The fourth-order valence-electron chi connectivity index (χ4n) is 1.95. The van der Waals surface area contributed by atoms with Crippen molar-refractivity contribution in [3.8, 4) is 0 Å². The van der Waals surface area contributed by atoms with Crippen molar-refractivity contribution in [1.82, 2.24) is 10.2 Å². The van der Waals surface area contributed by atoms with Crippen LogP contribution in [0.5, 0.6) is 0 Å². The Morgan fingerprint density at radius 3 is 2.38 bits per heavy atom. The van der Waals surface area contributed by atoms with Gasteiger partial charge >= 0.3 is 0 Å². The summed E-state index contributed by atoms with van der Waals surface area (Å²) in [6.07, 6.45) is 0. The molecule has 2 N–H and O–H groups in total. The minimum Gasteiger partial charge on any atom is -0.339 e. The Hall–Kier alpha value is -2.80. The van der Waals surface area contributed by atoms with Crippen molar-refractivity contribution < 1.29 is 9.18 Å². The van der Waals surface area contributed by atoms with E-state index in [1.165, 1.54) is 18.2 Å². The van der Waals surface area contributed by atoms with E-state index in [0.29, 0.717) is 5.82 Å². The molecule has 0 fully saturated rings. The molecule has 3 rings (SSSR count). The number of para-hydroxylation sites is 1. The molecule has 120 valence electrons. The predicted molar refractivity (Wildman–Crippen MR) is 93.8 cm³/mol. The van der Waals surface area contributed by atoms with Gasteiger partial charge in [0.05, 0.1) is 5.69 Å². The number of carbonyl (C=O) groups is 1. The molecule has 0 aliphatic heterocycles. The van der Waals surface area contributed by atoms with Crippen LogP contribution in [0.4, 0.5) is 21.6 Å². The van der Waals surface area contributed by atoms with Crippen molar-refractivity contribution in [2.24, 2.45) is 0 Å². The lowest BCUT2D eigenvalue weighted by molar-refractivity contribution is 0.102. The van der Waals surface area contributed by atoms with Crippen molar-refractivity contribution >= 4 is 39.0 Å². The van der Waals surface area contributed by atoms with Gasteiger partial charge in [0, 0.05) is 10.2 Å². The average molecular weight is 387 g/mol. The van der Waals surface area contributed by atoms with Crippen molar-refractivity contribution in [2.45, 2.75) is 0 Å². The van der Waals surface area contributed by atoms with Crippen LogP contribution in [0.2, 0.25) is 0 Å². The Morgan fingerprint density at radius 2 is 1.71 bits per heavy atom. The SMILES string of the molecule is O=C(Nc1ccccc1F)c1ccc(Nc2ccc(Br)cc2)nn1. The van der Waals surface area contributed by atoms with Gasteiger partial charge in [-0.1, -0.05) is 28.1 Å². The Bertz CT molecular complexity index is 853. The molecule has 0 aliphatic carbocycles. The maximum Gasteiger partial charge on any atom is 0.276 e. The van der Waals surface area contributed by atoms with E-state index < -0.39 is 11.7 Å². The summed E-state index contributed by atoms with van der Waals surface area (Å²) in [5, 5.41) is 13.3. The minimum atomic E-state index is -0.525. The van der Waals surface area contributed by atoms with E-state index in [9.17, 15) is 9.18 Å². The summed E-state index contributed by atoms with van der Waals surface area (Å²) in [6.45, 7) is 0. The maximum absolute atomic E-state index is 13.5. The van der Waals surface area contributed by atoms with Crippen molar-refractivity contribution in [3.05, 3.63) is 76.6 Å². The van der Waals surface area contributed by atoms with Crippen LogP contribution in [0.15, 0.2) is 65.1 Å². The quantitative estimate of drug-likeness (QED) is 0.698. The topological polar surface area (TPSA) is 66.9 Å². The summed E-state index contributed by atoms with van der Waals surface area (Å²) < 4.78 is 14.5. The number of nitrogens with zero attached hydrogens (tertiary/aromatic N) is 2. The maximum atomic E-state index is 13.5. The summed E-state index contributed by atoms with van der Waals surface area (Å²) >= 11 is 3.36. The van der Waals surface area contributed by atoms with Gasteiger partial charge in [-0.15, -0.1) is 10.2 Å². The molecule has 1 amide bonds. The van der Waals surface area contributed by atoms with E-state index >= 15 is 0 Å². The number of aromatic nitrogens is 2. The van der Waals surface area contributed by atoms with Gasteiger partial charge in [-0.3, -0.25) is 4.79 Å². The third-order valence-corrected chi connectivity index (χ3v) is 3.66. The smallest absolute Gasteiger partial charge is 0.276 e. The van der Waals surface area contributed by atoms with Gasteiger partial charge in [0.25, 0.3) is 5.91 Å². The number of carbonyl (C=O) groups excluding carboxylic acids is 1. The van der Waals surface area contributed by atoms with Gasteiger partial charge in [0.2, 0.25) is 0 Å². The molecule has 1 heterocycles. The summed E-state index contributed by atoms with van der Waals surface area (Å²) in [7, 11) is 0. The molecular formula is C17H12BrFN4O. The number of halogens is 2. The number of rotatable bonds is 4. The summed E-state index contributed by atoms with van der Waals surface area (Å²) in [6, 6.07) is 16.6. The van der Waals surface area contributed by atoms with Crippen molar-refractivity contribution in [2.75, 3.05) is 10.6 Å². The molecule has 0 bridgehead atoms. The summed E-state index contributed by atoms with van der Waals surface area (Å²) in [5.41, 5.74) is 1.04. The number of nitrogens with one attached hydrogen (secondary N) is 2. The first-order valence-electron chi connectivity index (χ1n) is 7.04. The second-order valence-electron chi connectivity index (χ2n) is 4.87. The Kier molecular flexibility index (Phi) is 4.81. The molecule has 0 aliphatic rings. The molecule has 0 atom stereocenters. The molecule has 0 saturated carbocycles. The Morgan fingerprint density at radius 1 is 0.958 bits per heavy atom. The monoisotopic (exact) mass is 386 g/mol. The molecule has 0 radical (unpaired) electrons. The molecule has 0 saturated heterocycles. The number of anilines is 3. The summed E-state index contributed by atoms with van der Waals surface area (Å²) in [5.74, 6) is -0.533. The molecule has 0 spiro atoms. The molecule has 2 aromatic carbocycles. The standard InChI is InChI=1S/C17H12BrFN4O/c18-11-5-7-12(8-6-11)20-16-10-9-15(22-23-16)17(24)21-14-4-2-1-3-13(14)19/h1-10H,(H,20,23)(H,21,24). The van der Waals surface area contributed by atoms with E-state index in [1.54, 1.807) is 18.2 Å². The van der Waals surface area contributed by atoms with Crippen molar-refractivity contribution in [1.29, 1.82) is 0 Å². The fraction of sp³-hybridized carbons (Fsp3) is 0. The highest BCUT2D eigenvalue weighted by Crippen LogP contribution is 2.18. The molecule has 24 heavy (non-hydrogen) atoms. The zero-order chi connectivity index (χ0) is 16.9. The lowest BCUT2D eigenvalue weighted by Gasteiger charge is -2.07. The first-order chi connectivity index (χ1) is 11.6. The second kappa shape index (κ2) is 7.18. The fourth-order valence-corrected chi connectivity index (χ4v) is 2.21. The predicted octanol–water partition coefficient (Wildman–Crippen LogP) is 4.37. The van der Waals surface area contributed by atoms with Crippen LogP contribution < -0.4 is 10.6 Å². The molecule has 3 aromatic rings. The van der Waals surface area contributed by atoms with Crippen LogP contribution in [-0.4, -0.2) is 16.1 Å². The second-order valence-corrected chi connectivity index (χ2v) is 5.79. The number of hydrogen-bond acceptors (Lipinski definition) is 4. The normalized spacial score (nSPS) is 10.2. The first-order valence-corrected chi connectivity index (χ1v) is 7.83. The Labute approximate surface area is 146 Å². The van der Waals surface area contributed by atoms with E-state index in [2.05, 4.69) is 36.8 Å². The highest BCUT2D eigenvalue weighted by Gasteiger charge is 2.11. The zero-order valence-electron chi connectivity index (χ0n) is 12.3. The van der Waals surface area contributed by atoms with Crippen LogP contribution >= 0.6 is 15.9 Å². The van der Waals surface area contributed by atoms with Crippen LogP contribution in [0.1, 0.15) is 10.5 Å². The molecule has 1 aromatic heterocycles. The highest BCUT2D eigenvalue weighted by atomic mass is 79.9. The van der Waals surface area contributed by atoms with Gasteiger partial charge in [0.15, 0.2) is 11.5 Å². The summed E-state index contributed by atoms with van der Waals surface area (Å²) in [4.78, 5) is 12.1. The lowest BCUT2D eigenvalue weighted by Crippen LogP contribution is -2.15. The van der Waals surface area contributed by atoms with Gasteiger partial charge < -0.3 is 10.6 Å². The number of hydrogen-bond donors (Lipinski definition) is 2. The molecule has 5 nitrogen and oxygen atoms in total.